The van der Waals surface area contributed by atoms with Crippen molar-refractivity contribution in [3.8, 4) is 5.75 Å². The van der Waals surface area contributed by atoms with Gasteiger partial charge in [-0.15, -0.1) is 0 Å². The molecule has 0 spiro atoms. The van der Waals surface area contributed by atoms with Gasteiger partial charge < -0.3 is 10.1 Å². The molecule has 1 aliphatic rings. The highest BCUT2D eigenvalue weighted by atomic mass is 79.9. The second-order valence-electron chi connectivity index (χ2n) is 4.94. The van der Waals surface area contributed by atoms with Gasteiger partial charge in [0.1, 0.15) is 5.75 Å². The number of rotatable bonds is 3. The largest absolute Gasteiger partial charge is 0.493 e. The molecular weight excluding hydrogens is 373 g/mol. The fraction of sp³-hybridized carbons (Fsp3) is 0.250. The molecule has 0 saturated carbocycles. The predicted octanol–water partition coefficient (Wildman–Crippen LogP) is 5.00. The molecule has 0 amide bonds. The van der Waals surface area contributed by atoms with Crippen molar-refractivity contribution < 1.29 is 4.74 Å². The lowest BCUT2D eigenvalue weighted by atomic mass is 9.96. The minimum absolute atomic E-state index is 0.115. The number of ether oxygens (including phenoxy) is 1. The van der Waals surface area contributed by atoms with Gasteiger partial charge in [0.15, 0.2) is 0 Å². The molecule has 0 radical (unpaired) electrons. The van der Waals surface area contributed by atoms with Gasteiger partial charge in [-0.3, -0.25) is 0 Å². The molecule has 0 aromatic heterocycles. The van der Waals surface area contributed by atoms with Crippen LogP contribution in [-0.4, -0.2) is 13.7 Å². The van der Waals surface area contributed by atoms with E-state index in [0.29, 0.717) is 16.7 Å². The highest BCUT2D eigenvalue weighted by Crippen LogP contribution is 2.42. The normalized spacial score (nSPS) is 14.7. The Labute approximate surface area is 142 Å². The van der Waals surface area contributed by atoms with E-state index >= 15 is 0 Å². The maximum atomic E-state index is 6.37. The molecule has 3 rings (SSSR count). The van der Waals surface area contributed by atoms with E-state index in [4.69, 9.17) is 27.9 Å². The molecule has 21 heavy (non-hydrogen) atoms. The summed E-state index contributed by atoms with van der Waals surface area (Å²) >= 11 is 16.3. The third-order valence-electron chi connectivity index (χ3n) is 3.67. The Morgan fingerprint density at radius 2 is 1.95 bits per heavy atom. The summed E-state index contributed by atoms with van der Waals surface area (Å²) < 4.78 is 6.85. The van der Waals surface area contributed by atoms with Crippen LogP contribution in [0.15, 0.2) is 34.8 Å². The molecular formula is C16H14BrCl2NO. The number of hydrogen-bond donors (Lipinski definition) is 1. The van der Waals surface area contributed by atoms with Crippen LogP contribution in [0.4, 0.5) is 0 Å². The average Bonchev–Trinajstić information content (AvgIpc) is 2.90. The fourth-order valence-corrected chi connectivity index (χ4v) is 3.89. The SMILES string of the molecule is CNC(c1cc(Br)cc2c1OCC2)c1c(Cl)cccc1Cl. The lowest BCUT2D eigenvalue weighted by molar-refractivity contribution is 0.351. The maximum absolute atomic E-state index is 6.37. The standard InChI is InChI=1S/C16H14BrCl2NO/c1-20-15(14-12(18)3-2-4-13(14)19)11-8-10(17)7-9-5-6-21-16(9)11/h2-4,7-8,15,20H,5-6H2,1H3. The van der Waals surface area contributed by atoms with Crippen LogP contribution in [-0.2, 0) is 6.42 Å². The number of fused-ring (bicyclic) bond motifs is 1. The molecule has 1 unspecified atom stereocenters. The van der Waals surface area contributed by atoms with Gasteiger partial charge in [-0.1, -0.05) is 45.2 Å². The van der Waals surface area contributed by atoms with Crippen LogP contribution in [0, 0.1) is 0 Å². The summed E-state index contributed by atoms with van der Waals surface area (Å²) in [6.07, 6.45) is 0.925. The van der Waals surface area contributed by atoms with E-state index < -0.39 is 0 Å². The Kier molecular flexibility index (Phi) is 4.46. The van der Waals surface area contributed by atoms with E-state index in [1.165, 1.54) is 5.56 Å². The molecule has 2 nitrogen and oxygen atoms in total. The molecule has 1 N–H and O–H groups in total. The fourth-order valence-electron chi connectivity index (χ4n) is 2.75. The van der Waals surface area contributed by atoms with Crippen molar-refractivity contribution >= 4 is 39.1 Å². The summed E-state index contributed by atoms with van der Waals surface area (Å²) in [5.74, 6) is 0.938. The Balaban J connectivity index is 2.18. The number of hydrogen-bond acceptors (Lipinski definition) is 2. The van der Waals surface area contributed by atoms with E-state index in [1.54, 1.807) is 0 Å². The molecule has 0 saturated heterocycles. The molecule has 0 aliphatic carbocycles. The number of benzene rings is 2. The van der Waals surface area contributed by atoms with Crippen LogP contribution >= 0.6 is 39.1 Å². The number of halogens is 3. The van der Waals surface area contributed by atoms with Gasteiger partial charge in [0.05, 0.1) is 12.6 Å². The molecule has 110 valence electrons. The average molecular weight is 387 g/mol. The first kappa shape index (κ1) is 15.2. The van der Waals surface area contributed by atoms with Crippen molar-refractivity contribution in [1.29, 1.82) is 0 Å². The van der Waals surface area contributed by atoms with E-state index in [-0.39, 0.29) is 6.04 Å². The second-order valence-corrected chi connectivity index (χ2v) is 6.67. The van der Waals surface area contributed by atoms with Gasteiger partial charge in [0, 0.05) is 32.1 Å². The van der Waals surface area contributed by atoms with Gasteiger partial charge in [0.25, 0.3) is 0 Å². The summed E-state index contributed by atoms with van der Waals surface area (Å²) in [6.45, 7) is 0.714. The Morgan fingerprint density at radius 1 is 1.24 bits per heavy atom. The third kappa shape index (κ3) is 2.80. The minimum atomic E-state index is -0.115. The Hall–Kier alpha value is -0.740. The Bertz CT molecular complexity index is 670. The molecule has 1 heterocycles. The van der Waals surface area contributed by atoms with Crippen molar-refractivity contribution in [3.63, 3.8) is 0 Å². The van der Waals surface area contributed by atoms with E-state index in [2.05, 4.69) is 33.4 Å². The first-order chi connectivity index (χ1) is 10.1. The first-order valence-electron chi connectivity index (χ1n) is 6.68. The van der Waals surface area contributed by atoms with Crippen LogP contribution in [0.1, 0.15) is 22.7 Å². The summed E-state index contributed by atoms with van der Waals surface area (Å²) in [6, 6.07) is 9.61. The monoisotopic (exact) mass is 385 g/mol. The van der Waals surface area contributed by atoms with Gasteiger partial charge in [-0.25, -0.2) is 0 Å². The second kappa shape index (κ2) is 6.17. The smallest absolute Gasteiger partial charge is 0.127 e. The highest BCUT2D eigenvalue weighted by molar-refractivity contribution is 9.10. The molecule has 0 fully saturated rings. The summed E-state index contributed by atoms with van der Waals surface area (Å²) in [7, 11) is 1.90. The zero-order chi connectivity index (χ0) is 15.0. The quantitative estimate of drug-likeness (QED) is 0.801. The van der Waals surface area contributed by atoms with Crippen LogP contribution in [0.2, 0.25) is 10.0 Å². The van der Waals surface area contributed by atoms with Crippen molar-refractivity contribution in [3.05, 3.63) is 61.5 Å². The van der Waals surface area contributed by atoms with Crippen LogP contribution < -0.4 is 10.1 Å². The topological polar surface area (TPSA) is 21.3 Å². The van der Waals surface area contributed by atoms with Gasteiger partial charge in [-0.05, 0) is 36.9 Å². The molecule has 2 aromatic carbocycles. The van der Waals surface area contributed by atoms with Crippen molar-refractivity contribution in [2.75, 3.05) is 13.7 Å². The first-order valence-corrected chi connectivity index (χ1v) is 8.23. The molecule has 1 atom stereocenters. The zero-order valence-corrected chi connectivity index (χ0v) is 14.5. The van der Waals surface area contributed by atoms with Crippen LogP contribution in [0.5, 0.6) is 5.75 Å². The predicted molar refractivity (Wildman–Crippen MR) is 90.7 cm³/mol. The minimum Gasteiger partial charge on any atom is -0.493 e. The van der Waals surface area contributed by atoms with Gasteiger partial charge >= 0.3 is 0 Å². The molecule has 2 aromatic rings. The third-order valence-corrected chi connectivity index (χ3v) is 4.78. The van der Waals surface area contributed by atoms with Crippen molar-refractivity contribution in [2.24, 2.45) is 0 Å². The molecule has 5 heteroatoms. The molecule has 1 aliphatic heterocycles. The summed E-state index contributed by atoms with van der Waals surface area (Å²) in [5, 5.41) is 4.60. The highest BCUT2D eigenvalue weighted by Gasteiger charge is 2.26. The zero-order valence-electron chi connectivity index (χ0n) is 11.4. The lowest BCUT2D eigenvalue weighted by Crippen LogP contribution is -2.19. The van der Waals surface area contributed by atoms with E-state index in [0.717, 1.165) is 27.8 Å². The van der Waals surface area contributed by atoms with Gasteiger partial charge in [-0.2, -0.15) is 0 Å². The van der Waals surface area contributed by atoms with Crippen molar-refractivity contribution in [2.45, 2.75) is 12.5 Å². The summed E-state index contributed by atoms with van der Waals surface area (Å²) in [5.41, 5.74) is 3.14. The molecule has 0 bridgehead atoms. The van der Waals surface area contributed by atoms with Crippen molar-refractivity contribution in [1.82, 2.24) is 5.32 Å². The van der Waals surface area contributed by atoms with E-state index in [9.17, 15) is 0 Å². The lowest BCUT2D eigenvalue weighted by Gasteiger charge is -2.22. The summed E-state index contributed by atoms with van der Waals surface area (Å²) in [4.78, 5) is 0. The van der Waals surface area contributed by atoms with E-state index in [1.807, 2.05) is 25.2 Å². The van der Waals surface area contributed by atoms with Gasteiger partial charge in [0.2, 0.25) is 0 Å². The van der Waals surface area contributed by atoms with Crippen LogP contribution in [0.3, 0.4) is 0 Å². The number of nitrogens with one attached hydrogen (secondary N) is 1. The Morgan fingerprint density at radius 3 is 2.62 bits per heavy atom. The van der Waals surface area contributed by atoms with Crippen LogP contribution in [0.25, 0.3) is 0 Å². The maximum Gasteiger partial charge on any atom is 0.127 e.